The third-order valence-electron chi connectivity index (χ3n) is 3.41. The van der Waals surface area contributed by atoms with Gasteiger partial charge in [0.25, 0.3) is 0 Å². The highest BCUT2D eigenvalue weighted by Crippen LogP contribution is 2.27. The topological polar surface area (TPSA) is 53.1 Å². The van der Waals surface area contributed by atoms with Gasteiger partial charge in [0.2, 0.25) is 0 Å². The van der Waals surface area contributed by atoms with E-state index in [-0.39, 0.29) is 0 Å². The minimum absolute atomic E-state index is 0.697. The van der Waals surface area contributed by atoms with E-state index < -0.39 is 0 Å². The predicted molar refractivity (Wildman–Crippen MR) is 82.6 cm³/mol. The Morgan fingerprint density at radius 3 is 2.79 bits per heavy atom. The van der Waals surface area contributed by atoms with Crippen molar-refractivity contribution in [3.8, 4) is 0 Å². The van der Waals surface area contributed by atoms with Crippen LogP contribution in [-0.4, -0.2) is 48.1 Å². The molecule has 1 aromatic heterocycles. The normalized spacial score (nSPS) is 20.3. The summed E-state index contributed by atoms with van der Waals surface area (Å²) in [5.41, 5.74) is 0. The Labute approximate surface area is 123 Å². The van der Waals surface area contributed by atoms with Crippen molar-refractivity contribution in [3.63, 3.8) is 0 Å². The number of rotatable bonds is 5. The van der Waals surface area contributed by atoms with Crippen LogP contribution in [0.1, 0.15) is 19.8 Å². The average Bonchev–Trinajstić information content (AvgIpc) is 2.40. The van der Waals surface area contributed by atoms with Crippen LogP contribution in [0.3, 0.4) is 0 Å². The summed E-state index contributed by atoms with van der Waals surface area (Å²) in [4.78, 5) is 10.9. The van der Waals surface area contributed by atoms with E-state index in [0.29, 0.717) is 5.92 Å². The molecule has 2 rings (SSSR count). The number of piperidine rings is 1. The second-order valence-corrected chi connectivity index (χ2v) is 5.86. The summed E-state index contributed by atoms with van der Waals surface area (Å²) in [6, 6.07) is 0. The maximum Gasteiger partial charge on any atom is 0.145 e. The van der Waals surface area contributed by atoms with Gasteiger partial charge in [0.05, 0.1) is 0 Å². The zero-order valence-electron chi connectivity index (χ0n) is 11.6. The number of likely N-dealkylation sites (tertiary alicyclic amines) is 1. The molecule has 0 aliphatic carbocycles. The van der Waals surface area contributed by atoms with Crippen LogP contribution in [0, 0.1) is 5.92 Å². The Balaban J connectivity index is 1.93. The van der Waals surface area contributed by atoms with Crippen LogP contribution in [0.25, 0.3) is 0 Å². The van der Waals surface area contributed by atoms with Gasteiger partial charge in [-0.2, -0.15) is 0 Å². The summed E-state index contributed by atoms with van der Waals surface area (Å²) < 4.78 is 0.918. The molecular weight excluding hydrogens is 306 g/mol. The quantitative estimate of drug-likeness (QED) is 0.869. The molecule has 1 fully saturated rings. The van der Waals surface area contributed by atoms with Crippen molar-refractivity contribution >= 4 is 27.6 Å². The van der Waals surface area contributed by atoms with Crippen molar-refractivity contribution in [1.29, 1.82) is 0 Å². The van der Waals surface area contributed by atoms with Crippen molar-refractivity contribution in [2.24, 2.45) is 5.92 Å². The monoisotopic (exact) mass is 327 g/mol. The van der Waals surface area contributed by atoms with Gasteiger partial charge in [-0.25, -0.2) is 9.97 Å². The van der Waals surface area contributed by atoms with E-state index >= 15 is 0 Å². The van der Waals surface area contributed by atoms with Crippen molar-refractivity contribution in [3.05, 3.63) is 10.8 Å². The van der Waals surface area contributed by atoms with E-state index in [0.717, 1.165) is 35.7 Å². The fourth-order valence-electron chi connectivity index (χ4n) is 2.46. The lowest BCUT2D eigenvalue weighted by molar-refractivity contribution is 0.217. The minimum Gasteiger partial charge on any atom is -0.369 e. The molecule has 0 spiro atoms. The van der Waals surface area contributed by atoms with Gasteiger partial charge in [0.1, 0.15) is 22.4 Å². The van der Waals surface area contributed by atoms with Gasteiger partial charge in [-0.05, 0) is 55.2 Å². The summed E-state index contributed by atoms with van der Waals surface area (Å²) in [5, 5.41) is 6.65. The molecule has 1 atom stereocenters. The molecule has 0 bridgehead atoms. The number of nitrogens with one attached hydrogen (secondary N) is 2. The molecule has 1 aliphatic rings. The van der Waals surface area contributed by atoms with Gasteiger partial charge < -0.3 is 15.5 Å². The fraction of sp³-hybridized carbons (Fsp3) is 0.692. The lowest BCUT2D eigenvalue weighted by Gasteiger charge is -2.29. The lowest BCUT2D eigenvalue weighted by atomic mass is 9.98. The molecule has 1 aliphatic heterocycles. The molecule has 0 saturated carbocycles. The van der Waals surface area contributed by atoms with E-state index in [9.17, 15) is 0 Å². The van der Waals surface area contributed by atoms with Crippen molar-refractivity contribution < 1.29 is 0 Å². The first-order valence-corrected chi connectivity index (χ1v) is 7.66. The van der Waals surface area contributed by atoms with Crippen LogP contribution in [-0.2, 0) is 0 Å². The summed E-state index contributed by atoms with van der Waals surface area (Å²) in [6.45, 7) is 6.25. The van der Waals surface area contributed by atoms with E-state index in [2.05, 4.69) is 55.4 Å². The van der Waals surface area contributed by atoms with E-state index in [1.165, 1.54) is 19.4 Å². The fourth-order valence-corrected chi connectivity index (χ4v) is 2.95. The van der Waals surface area contributed by atoms with Crippen LogP contribution in [0.2, 0.25) is 0 Å². The number of hydrogen-bond acceptors (Lipinski definition) is 5. The van der Waals surface area contributed by atoms with Gasteiger partial charge in [-0.15, -0.1) is 0 Å². The maximum atomic E-state index is 4.30. The number of aromatic nitrogens is 2. The highest BCUT2D eigenvalue weighted by Gasteiger charge is 2.17. The SMILES string of the molecule is CCNc1ncnc(NCC2CCCN(C)C2)c1Br. The molecule has 2 heterocycles. The molecule has 2 N–H and O–H groups in total. The molecule has 5 nitrogen and oxygen atoms in total. The van der Waals surface area contributed by atoms with E-state index in [1.54, 1.807) is 6.33 Å². The van der Waals surface area contributed by atoms with Crippen LogP contribution in [0.4, 0.5) is 11.6 Å². The number of nitrogens with zero attached hydrogens (tertiary/aromatic N) is 3. The second kappa shape index (κ2) is 7.05. The lowest BCUT2D eigenvalue weighted by Crippen LogP contribution is -2.35. The first-order chi connectivity index (χ1) is 9.20. The number of hydrogen-bond donors (Lipinski definition) is 2. The standard InChI is InChI=1S/C13H22BrN5/c1-3-15-12-11(14)13(18-9-17-12)16-7-10-5-4-6-19(2)8-10/h9-10H,3-8H2,1-2H3,(H2,15,16,17,18). The molecule has 0 aromatic carbocycles. The van der Waals surface area contributed by atoms with Crippen molar-refractivity contribution in [1.82, 2.24) is 14.9 Å². The summed E-state index contributed by atoms with van der Waals surface area (Å²) in [5.74, 6) is 2.42. The summed E-state index contributed by atoms with van der Waals surface area (Å²) in [6.07, 6.45) is 4.18. The molecule has 19 heavy (non-hydrogen) atoms. The highest BCUT2D eigenvalue weighted by molar-refractivity contribution is 9.10. The van der Waals surface area contributed by atoms with Crippen molar-refractivity contribution in [2.75, 3.05) is 43.9 Å². The Kier molecular flexibility index (Phi) is 5.39. The highest BCUT2D eigenvalue weighted by atomic mass is 79.9. The largest absolute Gasteiger partial charge is 0.369 e. The second-order valence-electron chi connectivity index (χ2n) is 5.07. The third kappa shape index (κ3) is 4.04. The summed E-state index contributed by atoms with van der Waals surface area (Å²) >= 11 is 3.56. The van der Waals surface area contributed by atoms with Crippen LogP contribution in [0.15, 0.2) is 10.8 Å². The zero-order chi connectivity index (χ0) is 13.7. The molecule has 0 radical (unpaired) electrons. The first-order valence-electron chi connectivity index (χ1n) is 6.87. The average molecular weight is 328 g/mol. The van der Waals surface area contributed by atoms with E-state index in [1.807, 2.05) is 0 Å². The van der Waals surface area contributed by atoms with Gasteiger partial charge in [0, 0.05) is 19.6 Å². The summed E-state index contributed by atoms with van der Waals surface area (Å²) in [7, 11) is 2.19. The minimum atomic E-state index is 0.697. The van der Waals surface area contributed by atoms with Gasteiger partial charge >= 0.3 is 0 Å². The number of halogens is 1. The molecule has 1 saturated heterocycles. The molecule has 6 heteroatoms. The Morgan fingerprint density at radius 1 is 1.37 bits per heavy atom. The van der Waals surface area contributed by atoms with E-state index in [4.69, 9.17) is 0 Å². The third-order valence-corrected chi connectivity index (χ3v) is 4.17. The van der Waals surface area contributed by atoms with Crippen LogP contribution < -0.4 is 10.6 Å². The van der Waals surface area contributed by atoms with Crippen LogP contribution in [0.5, 0.6) is 0 Å². The van der Waals surface area contributed by atoms with Crippen LogP contribution >= 0.6 is 15.9 Å². The van der Waals surface area contributed by atoms with Crippen molar-refractivity contribution in [2.45, 2.75) is 19.8 Å². The first kappa shape index (κ1) is 14.5. The van der Waals surface area contributed by atoms with Gasteiger partial charge in [-0.3, -0.25) is 0 Å². The molecule has 0 amide bonds. The Morgan fingerprint density at radius 2 is 2.11 bits per heavy atom. The molecule has 106 valence electrons. The zero-order valence-corrected chi connectivity index (χ0v) is 13.2. The Hall–Kier alpha value is -0.880. The maximum absolute atomic E-state index is 4.30. The molecule has 1 unspecified atom stereocenters. The molecule has 1 aromatic rings. The molecular formula is C13H22BrN5. The smallest absolute Gasteiger partial charge is 0.145 e. The predicted octanol–water partition coefficient (Wildman–Crippen LogP) is 2.42. The van der Waals surface area contributed by atoms with Gasteiger partial charge in [0.15, 0.2) is 0 Å². The number of anilines is 2. The Bertz CT molecular complexity index is 412. The van der Waals surface area contributed by atoms with Gasteiger partial charge in [-0.1, -0.05) is 0 Å².